The zero-order chi connectivity index (χ0) is 12.8. The number of H-pyrrole nitrogens is 1. The van der Waals surface area contributed by atoms with Gasteiger partial charge in [0.2, 0.25) is 0 Å². The number of nitrogens with one attached hydrogen (secondary N) is 2. The van der Waals surface area contributed by atoms with Gasteiger partial charge in [0, 0.05) is 13.2 Å². The molecule has 1 atom stereocenters. The van der Waals surface area contributed by atoms with Gasteiger partial charge in [-0.25, -0.2) is 0 Å². The van der Waals surface area contributed by atoms with E-state index in [1.807, 2.05) is 6.92 Å². The molecule has 0 aliphatic heterocycles. The first-order valence-electron chi connectivity index (χ1n) is 5.79. The smallest absolute Gasteiger partial charge is 0.273 e. The van der Waals surface area contributed by atoms with Crippen LogP contribution < -0.4 is 11.1 Å². The van der Waals surface area contributed by atoms with Crippen LogP contribution in [0.25, 0.3) is 0 Å². The summed E-state index contributed by atoms with van der Waals surface area (Å²) < 4.78 is 0. The minimum absolute atomic E-state index is 0.137. The summed E-state index contributed by atoms with van der Waals surface area (Å²) in [5.41, 5.74) is 7.02. The maximum Gasteiger partial charge on any atom is 0.273 e. The lowest BCUT2D eigenvalue weighted by Crippen LogP contribution is -2.30. The van der Waals surface area contributed by atoms with Crippen LogP contribution in [0.4, 0.5) is 5.69 Å². The summed E-state index contributed by atoms with van der Waals surface area (Å²) in [6, 6.07) is 0. The number of aliphatic hydroxyl groups excluding tert-OH is 1. The number of carbonyl (C=O) groups excluding carboxylic acids is 1. The zero-order valence-corrected chi connectivity index (χ0v) is 10.3. The van der Waals surface area contributed by atoms with Gasteiger partial charge in [-0.15, -0.1) is 0 Å². The number of nitrogen functional groups attached to an aromatic ring is 1. The molecule has 6 nitrogen and oxygen atoms in total. The maximum absolute atomic E-state index is 11.8. The molecular formula is C11H20N4O2. The average molecular weight is 240 g/mol. The standard InChI is InChI=1S/C11H20N4O2/c1-3-8(4-5-16)6-13-11(17)10-9(12)7(2)14-15-10/h8,16H,3-6,12H2,1-2H3,(H,13,17)(H,14,15). The SMILES string of the molecule is CCC(CCO)CNC(=O)c1n[nH]c(C)c1N. The predicted octanol–water partition coefficient (Wildman–Crippen LogP) is 0.439. The number of hydrogen-bond acceptors (Lipinski definition) is 4. The van der Waals surface area contributed by atoms with Gasteiger partial charge in [0.1, 0.15) is 0 Å². The van der Waals surface area contributed by atoms with Gasteiger partial charge in [-0.3, -0.25) is 9.89 Å². The number of carbonyl (C=O) groups is 1. The molecule has 6 heteroatoms. The topological polar surface area (TPSA) is 104 Å². The van der Waals surface area contributed by atoms with Crippen molar-refractivity contribution >= 4 is 11.6 Å². The van der Waals surface area contributed by atoms with Crippen LogP contribution in [0.2, 0.25) is 0 Å². The molecular weight excluding hydrogens is 220 g/mol. The second-order valence-electron chi connectivity index (χ2n) is 4.11. The number of aryl methyl sites for hydroxylation is 1. The molecule has 1 amide bonds. The molecule has 0 saturated carbocycles. The summed E-state index contributed by atoms with van der Waals surface area (Å²) in [6.45, 7) is 4.46. The summed E-state index contributed by atoms with van der Waals surface area (Å²) in [5.74, 6) is 0.00783. The number of nitrogens with two attached hydrogens (primary N) is 1. The van der Waals surface area contributed by atoms with Gasteiger partial charge in [-0.1, -0.05) is 13.3 Å². The third-order valence-corrected chi connectivity index (χ3v) is 2.88. The highest BCUT2D eigenvalue weighted by Crippen LogP contribution is 2.12. The van der Waals surface area contributed by atoms with Crippen molar-refractivity contribution in [3.8, 4) is 0 Å². The van der Waals surface area contributed by atoms with Crippen molar-refractivity contribution in [3.05, 3.63) is 11.4 Å². The summed E-state index contributed by atoms with van der Waals surface area (Å²) in [6.07, 6.45) is 1.60. The van der Waals surface area contributed by atoms with Gasteiger partial charge < -0.3 is 16.2 Å². The molecule has 0 spiro atoms. The first-order valence-corrected chi connectivity index (χ1v) is 5.79. The van der Waals surface area contributed by atoms with E-state index in [2.05, 4.69) is 15.5 Å². The van der Waals surface area contributed by atoms with Crippen molar-refractivity contribution in [3.63, 3.8) is 0 Å². The molecule has 17 heavy (non-hydrogen) atoms. The molecule has 0 fully saturated rings. The Bertz CT molecular complexity index is 376. The number of aromatic nitrogens is 2. The van der Waals surface area contributed by atoms with E-state index in [0.717, 1.165) is 6.42 Å². The molecule has 1 heterocycles. The van der Waals surface area contributed by atoms with E-state index in [9.17, 15) is 4.79 Å². The number of rotatable bonds is 6. The van der Waals surface area contributed by atoms with E-state index in [1.165, 1.54) is 0 Å². The molecule has 0 radical (unpaired) electrons. The van der Waals surface area contributed by atoms with Crippen molar-refractivity contribution in [2.24, 2.45) is 5.92 Å². The lowest BCUT2D eigenvalue weighted by Gasteiger charge is -2.13. The Hall–Kier alpha value is -1.56. The molecule has 0 aromatic carbocycles. The molecule has 0 saturated heterocycles. The molecule has 0 aliphatic rings. The number of anilines is 1. The summed E-state index contributed by atoms with van der Waals surface area (Å²) in [7, 11) is 0. The molecule has 1 unspecified atom stereocenters. The Kier molecular flexibility index (Phi) is 4.96. The van der Waals surface area contributed by atoms with Crippen molar-refractivity contribution < 1.29 is 9.90 Å². The largest absolute Gasteiger partial charge is 0.396 e. The van der Waals surface area contributed by atoms with Gasteiger partial charge in [0.05, 0.1) is 11.4 Å². The van der Waals surface area contributed by atoms with Crippen molar-refractivity contribution in [2.75, 3.05) is 18.9 Å². The fourth-order valence-electron chi connectivity index (χ4n) is 1.56. The van der Waals surface area contributed by atoms with E-state index in [1.54, 1.807) is 6.92 Å². The number of aromatic amines is 1. The van der Waals surface area contributed by atoms with E-state index in [-0.39, 0.29) is 24.1 Å². The summed E-state index contributed by atoms with van der Waals surface area (Å²) >= 11 is 0. The number of hydrogen-bond donors (Lipinski definition) is 4. The van der Waals surface area contributed by atoms with Crippen LogP contribution in [-0.2, 0) is 0 Å². The summed E-state index contributed by atoms with van der Waals surface area (Å²) in [5, 5.41) is 18.1. The van der Waals surface area contributed by atoms with Gasteiger partial charge in [-0.2, -0.15) is 5.10 Å². The number of aliphatic hydroxyl groups is 1. The van der Waals surface area contributed by atoms with Crippen LogP contribution in [-0.4, -0.2) is 34.4 Å². The second kappa shape index (κ2) is 6.24. The highest BCUT2D eigenvalue weighted by Gasteiger charge is 2.16. The zero-order valence-electron chi connectivity index (χ0n) is 10.3. The van der Waals surface area contributed by atoms with Crippen LogP contribution in [0.15, 0.2) is 0 Å². The quantitative estimate of drug-likeness (QED) is 0.579. The predicted molar refractivity (Wildman–Crippen MR) is 65.6 cm³/mol. The Morgan fingerprint density at radius 3 is 2.82 bits per heavy atom. The highest BCUT2D eigenvalue weighted by molar-refractivity contribution is 5.97. The second-order valence-corrected chi connectivity index (χ2v) is 4.11. The van der Waals surface area contributed by atoms with E-state index in [0.29, 0.717) is 24.3 Å². The first-order chi connectivity index (χ1) is 8.10. The van der Waals surface area contributed by atoms with Crippen molar-refractivity contribution in [1.29, 1.82) is 0 Å². The molecule has 5 N–H and O–H groups in total. The molecule has 0 aliphatic carbocycles. The lowest BCUT2D eigenvalue weighted by atomic mass is 10.0. The minimum Gasteiger partial charge on any atom is -0.396 e. The average Bonchev–Trinajstić information content (AvgIpc) is 2.65. The van der Waals surface area contributed by atoms with E-state index in [4.69, 9.17) is 10.8 Å². The fourth-order valence-corrected chi connectivity index (χ4v) is 1.56. The first kappa shape index (κ1) is 13.5. The number of nitrogens with zero attached hydrogens (tertiary/aromatic N) is 1. The Balaban J connectivity index is 2.52. The normalized spacial score (nSPS) is 12.4. The van der Waals surface area contributed by atoms with Crippen LogP contribution in [0.5, 0.6) is 0 Å². The third-order valence-electron chi connectivity index (χ3n) is 2.88. The number of amides is 1. The molecule has 1 aromatic rings. The van der Waals surface area contributed by atoms with Crippen LogP contribution in [0.1, 0.15) is 35.9 Å². The Morgan fingerprint density at radius 2 is 2.35 bits per heavy atom. The van der Waals surface area contributed by atoms with Crippen molar-refractivity contribution in [2.45, 2.75) is 26.7 Å². The van der Waals surface area contributed by atoms with Gasteiger partial charge in [0.15, 0.2) is 5.69 Å². The maximum atomic E-state index is 11.8. The lowest BCUT2D eigenvalue weighted by molar-refractivity contribution is 0.0939. The molecule has 0 bridgehead atoms. The van der Waals surface area contributed by atoms with Gasteiger partial charge >= 0.3 is 0 Å². The third kappa shape index (κ3) is 3.45. The summed E-state index contributed by atoms with van der Waals surface area (Å²) in [4.78, 5) is 11.8. The Morgan fingerprint density at radius 1 is 1.65 bits per heavy atom. The highest BCUT2D eigenvalue weighted by atomic mass is 16.3. The monoisotopic (exact) mass is 240 g/mol. The molecule has 96 valence electrons. The molecule has 1 aromatic heterocycles. The van der Waals surface area contributed by atoms with Crippen LogP contribution in [0.3, 0.4) is 0 Å². The van der Waals surface area contributed by atoms with Crippen LogP contribution in [0, 0.1) is 12.8 Å². The molecule has 1 rings (SSSR count). The van der Waals surface area contributed by atoms with Gasteiger partial charge in [0.25, 0.3) is 5.91 Å². The van der Waals surface area contributed by atoms with E-state index >= 15 is 0 Å². The van der Waals surface area contributed by atoms with E-state index < -0.39 is 0 Å². The fraction of sp³-hybridized carbons (Fsp3) is 0.636. The van der Waals surface area contributed by atoms with Crippen LogP contribution >= 0.6 is 0 Å². The minimum atomic E-state index is -0.275. The van der Waals surface area contributed by atoms with Gasteiger partial charge in [-0.05, 0) is 19.3 Å². The Labute approximate surface area is 101 Å². The van der Waals surface area contributed by atoms with Crippen molar-refractivity contribution in [1.82, 2.24) is 15.5 Å².